The molecule has 0 atom stereocenters. The SMILES string of the molecule is [SeH]c1ccsc1. The van der Waals surface area contributed by atoms with Crippen molar-refractivity contribution in [3.63, 3.8) is 0 Å². The van der Waals surface area contributed by atoms with Gasteiger partial charge in [-0.2, -0.15) is 0 Å². The van der Waals surface area contributed by atoms with E-state index < -0.39 is 0 Å². The van der Waals surface area contributed by atoms with Gasteiger partial charge in [-0.1, -0.05) is 0 Å². The van der Waals surface area contributed by atoms with E-state index in [9.17, 15) is 0 Å². The Labute approximate surface area is 49.0 Å². The number of rotatable bonds is 0. The van der Waals surface area contributed by atoms with Crippen LogP contribution in [0, 0.1) is 0 Å². The van der Waals surface area contributed by atoms with Gasteiger partial charge in [0.15, 0.2) is 0 Å². The fraction of sp³-hybridized carbons (Fsp3) is 0. The van der Waals surface area contributed by atoms with E-state index in [1.807, 2.05) is 0 Å². The minimum atomic E-state index is 1.30. The number of thiophene rings is 1. The zero-order valence-electron chi connectivity index (χ0n) is 3.09. The Balaban J connectivity index is 3.05. The van der Waals surface area contributed by atoms with E-state index in [0.29, 0.717) is 0 Å². The van der Waals surface area contributed by atoms with Crippen molar-refractivity contribution in [2.45, 2.75) is 0 Å². The second kappa shape index (κ2) is 1.78. The van der Waals surface area contributed by atoms with Crippen LogP contribution in [0.2, 0.25) is 0 Å². The van der Waals surface area contributed by atoms with Gasteiger partial charge in [-0.05, 0) is 0 Å². The van der Waals surface area contributed by atoms with Crippen molar-refractivity contribution in [3.05, 3.63) is 16.8 Å². The van der Waals surface area contributed by atoms with E-state index in [-0.39, 0.29) is 0 Å². The van der Waals surface area contributed by atoms with Gasteiger partial charge in [0.2, 0.25) is 0 Å². The van der Waals surface area contributed by atoms with Gasteiger partial charge in [-0.3, -0.25) is 0 Å². The summed E-state index contributed by atoms with van der Waals surface area (Å²) in [7, 11) is 0. The monoisotopic (exact) mass is 164 g/mol. The first-order chi connectivity index (χ1) is 2.89. The summed E-state index contributed by atoms with van der Waals surface area (Å²) in [5.74, 6) is 0. The summed E-state index contributed by atoms with van der Waals surface area (Å²) in [5, 5.41) is 4.16. The predicted octanol–water partition coefficient (Wildman–Crippen LogP) is 0.274. The Kier molecular flexibility index (Phi) is 1.30. The molecule has 0 fully saturated rings. The Hall–Kier alpha value is 0.219. The van der Waals surface area contributed by atoms with E-state index >= 15 is 0 Å². The molecule has 1 heterocycles. The summed E-state index contributed by atoms with van der Waals surface area (Å²) in [6.07, 6.45) is 0. The third-order valence-electron chi connectivity index (χ3n) is 0.506. The van der Waals surface area contributed by atoms with Crippen molar-refractivity contribution < 1.29 is 0 Å². The van der Waals surface area contributed by atoms with Gasteiger partial charge in [0, 0.05) is 0 Å². The van der Waals surface area contributed by atoms with Crippen LogP contribution in [0.4, 0.5) is 0 Å². The second-order valence-electron chi connectivity index (χ2n) is 0.982. The van der Waals surface area contributed by atoms with Gasteiger partial charge in [-0.15, -0.1) is 0 Å². The molecule has 1 aromatic heterocycles. The number of hydrogen-bond donors (Lipinski definition) is 0. The third-order valence-corrected chi connectivity index (χ3v) is 2.15. The summed E-state index contributed by atoms with van der Waals surface area (Å²) < 4.78 is 1.30. The summed E-state index contributed by atoms with van der Waals surface area (Å²) in [6, 6.07) is 2.07. The van der Waals surface area contributed by atoms with Crippen LogP contribution >= 0.6 is 11.3 Å². The van der Waals surface area contributed by atoms with Gasteiger partial charge in [0.05, 0.1) is 0 Å². The molecule has 0 aliphatic carbocycles. The van der Waals surface area contributed by atoms with E-state index in [0.717, 1.165) is 0 Å². The van der Waals surface area contributed by atoms with Gasteiger partial charge in [-0.25, -0.2) is 0 Å². The van der Waals surface area contributed by atoms with Crippen molar-refractivity contribution in [1.82, 2.24) is 0 Å². The van der Waals surface area contributed by atoms with Gasteiger partial charge in [0.25, 0.3) is 0 Å². The Morgan fingerprint density at radius 3 is 2.67 bits per heavy atom. The Morgan fingerprint density at radius 1 is 1.67 bits per heavy atom. The van der Waals surface area contributed by atoms with Crippen LogP contribution in [-0.4, -0.2) is 16.0 Å². The topological polar surface area (TPSA) is 0 Å². The first-order valence-corrected chi connectivity index (χ1v) is 3.49. The summed E-state index contributed by atoms with van der Waals surface area (Å²) in [5.41, 5.74) is 0. The molecule has 0 nitrogen and oxygen atoms in total. The quantitative estimate of drug-likeness (QED) is 0.482. The van der Waals surface area contributed by atoms with Gasteiger partial charge >= 0.3 is 48.6 Å². The Bertz CT molecular complexity index is 111. The average Bonchev–Trinajstić information content (AvgIpc) is 1.86. The maximum absolute atomic E-state index is 2.49. The molecule has 0 aliphatic heterocycles. The van der Waals surface area contributed by atoms with Crippen molar-refractivity contribution >= 4 is 31.8 Å². The van der Waals surface area contributed by atoms with Crippen LogP contribution < -0.4 is 4.46 Å². The molecule has 0 aromatic carbocycles. The molecular formula is C4H4SSe. The normalized spacial score (nSPS) is 8.83. The van der Waals surface area contributed by atoms with Crippen molar-refractivity contribution in [2.24, 2.45) is 0 Å². The molecule has 32 valence electrons. The van der Waals surface area contributed by atoms with E-state index in [1.54, 1.807) is 11.3 Å². The van der Waals surface area contributed by atoms with Crippen molar-refractivity contribution in [1.29, 1.82) is 0 Å². The average molecular weight is 163 g/mol. The van der Waals surface area contributed by atoms with Crippen molar-refractivity contribution in [2.75, 3.05) is 0 Å². The zero-order valence-corrected chi connectivity index (χ0v) is 5.78. The van der Waals surface area contributed by atoms with Crippen LogP contribution in [0.5, 0.6) is 0 Å². The molecule has 0 saturated heterocycles. The standard InChI is InChI=1S/C4H4SSe/c6-4-1-2-5-3-4/h1-3,6H. The van der Waals surface area contributed by atoms with E-state index in [2.05, 4.69) is 32.8 Å². The van der Waals surface area contributed by atoms with Gasteiger partial charge in [0.1, 0.15) is 0 Å². The van der Waals surface area contributed by atoms with E-state index in [1.165, 1.54) is 4.46 Å². The summed E-state index contributed by atoms with van der Waals surface area (Å²) >= 11 is 4.22. The molecule has 1 rings (SSSR count). The fourth-order valence-electron chi connectivity index (χ4n) is 0.257. The molecule has 0 saturated carbocycles. The van der Waals surface area contributed by atoms with Crippen LogP contribution in [0.1, 0.15) is 0 Å². The number of hydrogen-bond acceptors (Lipinski definition) is 1. The first kappa shape index (κ1) is 4.38. The van der Waals surface area contributed by atoms with E-state index in [4.69, 9.17) is 0 Å². The van der Waals surface area contributed by atoms with Gasteiger partial charge < -0.3 is 0 Å². The first-order valence-electron chi connectivity index (χ1n) is 1.61. The molecule has 0 amide bonds. The molecule has 1 aromatic rings. The second-order valence-corrected chi connectivity index (χ2v) is 2.85. The zero-order chi connectivity index (χ0) is 4.41. The molecule has 0 spiro atoms. The van der Waals surface area contributed by atoms with Crippen molar-refractivity contribution in [3.8, 4) is 0 Å². The molecular weight excluding hydrogens is 159 g/mol. The molecule has 0 bridgehead atoms. The predicted molar refractivity (Wildman–Crippen MR) is 31.1 cm³/mol. The molecule has 6 heavy (non-hydrogen) atoms. The van der Waals surface area contributed by atoms with Crippen LogP contribution in [0.15, 0.2) is 16.8 Å². The Morgan fingerprint density at radius 2 is 2.50 bits per heavy atom. The molecule has 0 N–H and O–H groups in total. The maximum atomic E-state index is 2.49. The summed E-state index contributed by atoms with van der Waals surface area (Å²) in [6.45, 7) is 0. The fourth-order valence-corrected chi connectivity index (χ4v) is 1.54. The van der Waals surface area contributed by atoms with Crippen LogP contribution in [-0.2, 0) is 0 Å². The summed E-state index contributed by atoms with van der Waals surface area (Å²) in [4.78, 5) is 0. The van der Waals surface area contributed by atoms with Crippen LogP contribution in [0.25, 0.3) is 0 Å². The molecule has 0 unspecified atom stereocenters. The third kappa shape index (κ3) is 0.839. The minimum absolute atomic E-state index is 1.30. The molecule has 2 heteroatoms. The molecule has 0 aliphatic rings. The molecule has 0 radical (unpaired) electrons. The van der Waals surface area contributed by atoms with Crippen LogP contribution in [0.3, 0.4) is 0 Å².